The molecule has 3 rings (SSSR count). The van der Waals surface area contributed by atoms with Gasteiger partial charge in [0.05, 0.1) is 17.2 Å². The van der Waals surface area contributed by atoms with Crippen LogP contribution >= 0.6 is 11.3 Å². The third-order valence-corrected chi connectivity index (χ3v) is 4.75. The second-order valence-electron chi connectivity index (χ2n) is 6.14. The number of thiazole rings is 1. The van der Waals surface area contributed by atoms with Crippen molar-refractivity contribution in [2.45, 2.75) is 52.6 Å². The zero-order chi connectivity index (χ0) is 15.7. The summed E-state index contributed by atoms with van der Waals surface area (Å²) in [6.07, 6.45) is 4.65. The molecule has 0 fully saturated rings. The Balaban J connectivity index is 1.67. The van der Waals surface area contributed by atoms with Gasteiger partial charge >= 0.3 is 0 Å². The Kier molecular flexibility index (Phi) is 4.24. The molecule has 1 unspecified atom stereocenters. The molecule has 0 saturated heterocycles. The summed E-state index contributed by atoms with van der Waals surface area (Å²) in [5.41, 5.74) is 0. The van der Waals surface area contributed by atoms with Crippen LogP contribution in [0.25, 0.3) is 0 Å². The summed E-state index contributed by atoms with van der Waals surface area (Å²) in [6, 6.07) is -0.150. The first-order valence-corrected chi connectivity index (χ1v) is 8.53. The van der Waals surface area contributed by atoms with Crippen molar-refractivity contribution < 1.29 is 4.79 Å². The number of amides is 1. The lowest BCUT2D eigenvalue weighted by molar-refractivity contribution is 0.0941. The average molecular weight is 319 g/mol. The lowest BCUT2D eigenvalue weighted by Crippen LogP contribution is -2.28. The molecule has 7 heteroatoms. The Hall–Kier alpha value is -1.76. The number of rotatable bonds is 5. The minimum Gasteiger partial charge on any atom is -0.342 e. The van der Waals surface area contributed by atoms with Crippen LogP contribution in [0, 0.1) is 5.92 Å². The van der Waals surface area contributed by atoms with Gasteiger partial charge in [-0.15, -0.1) is 21.5 Å². The Morgan fingerprint density at radius 1 is 1.41 bits per heavy atom. The fourth-order valence-electron chi connectivity index (χ4n) is 2.68. The lowest BCUT2D eigenvalue weighted by atomic mass is 10.1. The molecule has 118 valence electrons. The van der Waals surface area contributed by atoms with E-state index in [9.17, 15) is 4.79 Å². The van der Waals surface area contributed by atoms with Crippen LogP contribution in [0.2, 0.25) is 0 Å². The lowest BCUT2D eigenvalue weighted by Gasteiger charge is -2.13. The summed E-state index contributed by atoms with van der Waals surface area (Å²) in [6.45, 7) is 7.19. The van der Waals surface area contributed by atoms with Crippen LogP contribution in [0.4, 0.5) is 0 Å². The second kappa shape index (κ2) is 6.16. The van der Waals surface area contributed by atoms with Gasteiger partial charge in [-0.25, -0.2) is 4.98 Å². The standard InChI is InChI=1S/C15H21N5OS/c1-9(2)7-13-16-8-11(22-13)15(21)17-10(3)14-19-18-12-5-4-6-20(12)14/h8-10H,4-7H2,1-3H3,(H,17,21). The molecule has 2 aromatic heterocycles. The molecule has 0 spiro atoms. The Bertz CT molecular complexity index is 675. The Morgan fingerprint density at radius 3 is 3.00 bits per heavy atom. The van der Waals surface area contributed by atoms with Crippen LogP contribution in [-0.2, 0) is 19.4 Å². The monoisotopic (exact) mass is 319 g/mol. The van der Waals surface area contributed by atoms with Crippen LogP contribution in [-0.4, -0.2) is 25.7 Å². The number of nitrogens with one attached hydrogen (secondary N) is 1. The van der Waals surface area contributed by atoms with Crippen LogP contribution in [0.3, 0.4) is 0 Å². The van der Waals surface area contributed by atoms with Gasteiger partial charge in [0.1, 0.15) is 10.7 Å². The van der Waals surface area contributed by atoms with Crippen LogP contribution in [0.5, 0.6) is 0 Å². The zero-order valence-electron chi connectivity index (χ0n) is 13.2. The second-order valence-corrected chi connectivity index (χ2v) is 7.26. The highest BCUT2D eigenvalue weighted by molar-refractivity contribution is 7.13. The molecule has 0 bridgehead atoms. The summed E-state index contributed by atoms with van der Waals surface area (Å²) in [5.74, 6) is 2.32. The molecule has 3 heterocycles. The number of nitrogens with zero attached hydrogens (tertiary/aromatic N) is 4. The molecule has 1 N–H and O–H groups in total. The molecule has 2 aromatic rings. The molecule has 1 aliphatic heterocycles. The number of hydrogen-bond donors (Lipinski definition) is 1. The van der Waals surface area contributed by atoms with E-state index in [1.165, 1.54) is 11.3 Å². The molecule has 1 atom stereocenters. The van der Waals surface area contributed by atoms with E-state index in [-0.39, 0.29) is 11.9 Å². The summed E-state index contributed by atoms with van der Waals surface area (Å²) in [7, 11) is 0. The van der Waals surface area contributed by atoms with Crippen molar-refractivity contribution in [2.75, 3.05) is 0 Å². The fourth-order valence-corrected chi connectivity index (χ4v) is 3.72. The van der Waals surface area contributed by atoms with E-state index in [1.54, 1.807) is 6.20 Å². The van der Waals surface area contributed by atoms with Crippen molar-refractivity contribution in [2.24, 2.45) is 5.92 Å². The number of carbonyl (C=O) groups is 1. The average Bonchev–Trinajstić information content (AvgIpc) is 3.12. The first kappa shape index (κ1) is 15.1. The van der Waals surface area contributed by atoms with Gasteiger partial charge in [0, 0.05) is 19.4 Å². The highest BCUT2D eigenvalue weighted by atomic mass is 32.1. The maximum absolute atomic E-state index is 12.4. The molecular formula is C15H21N5OS. The summed E-state index contributed by atoms with van der Waals surface area (Å²) >= 11 is 1.47. The van der Waals surface area contributed by atoms with E-state index < -0.39 is 0 Å². The van der Waals surface area contributed by atoms with E-state index in [0.717, 1.165) is 42.5 Å². The third kappa shape index (κ3) is 3.04. The zero-order valence-corrected chi connectivity index (χ0v) is 14.0. The number of hydrogen-bond acceptors (Lipinski definition) is 5. The van der Waals surface area contributed by atoms with Crippen molar-refractivity contribution in [3.63, 3.8) is 0 Å². The van der Waals surface area contributed by atoms with Gasteiger partial charge < -0.3 is 9.88 Å². The summed E-state index contributed by atoms with van der Waals surface area (Å²) in [5, 5.41) is 12.4. The Morgan fingerprint density at radius 2 is 2.23 bits per heavy atom. The van der Waals surface area contributed by atoms with E-state index in [2.05, 4.69) is 38.9 Å². The molecule has 1 aliphatic rings. The molecule has 22 heavy (non-hydrogen) atoms. The van der Waals surface area contributed by atoms with E-state index in [1.807, 2.05) is 6.92 Å². The van der Waals surface area contributed by atoms with Crippen molar-refractivity contribution in [1.29, 1.82) is 0 Å². The van der Waals surface area contributed by atoms with Crippen LogP contribution < -0.4 is 5.32 Å². The molecular weight excluding hydrogens is 298 g/mol. The van der Waals surface area contributed by atoms with E-state index >= 15 is 0 Å². The minimum absolute atomic E-state index is 0.0876. The fraction of sp³-hybridized carbons (Fsp3) is 0.600. The van der Waals surface area contributed by atoms with Gasteiger partial charge in [-0.1, -0.05) is 13.8 Å². The smallest absolute Gasteiger partial charge is 0.263 e. The molecule has 6 nitrogen and oxygen atoms in total. The predicted molar refractivity (Wildman–Crippen MR) is 84.9 cm³/mol. The topological polar surface area (TPSA) is 72.7 Å². The minimum atomic E-state index is -0.150. The largest absolute Gasteiger partial charge is 0.342 e. The third-order valence-electron chi connectivity index (χ3n) is 3.73. The van der Waals surface area contributed by atoms with Crippen molar-refractivity contribution in [1.82, 2.24) is 25.1 Å². The number of aryl methyl sites for hydroxylation is 1. The van der Waals surface area contributed by atoms with Crippen molar-refractivity contribution >= 4 is 17.2 Å². The maximum atomic E-state index is 12.4. The van der Waals surface area contributed by atoms with Gasteiger partial charge in [0.25, 0.3) is 5.91 Å². The molecule has 0 aliphatic carbocycles. The number of aromatic nitrogens is 4. The van der Waals surface area contributed by atoms with Gasteiger partial charge in [-0.2, -0.15) is 0 Å². The van der Waals surface area contributed by atoms with Gasteiger partial charge in [-0.05, 0) is 19.3 Å². The van der Waals surface area contributed by atoms with Crippen LogP contribution in [0.1, 0.15) is 59.6 Å². The molecule has 1 amide bonds. The molecule has 0 aromatic carbocycles. The summed E-state index contributed by atoms with van der Waals surface area (Å²) in [4.78, 5) is 17.3. The van der Waals surface area contributed by atoms with Gasteiger partial charge in [0.15, 0.2) is 5.82 Å². The highest BCUT2D eigenvalue weighted by Gasteiger charge is 2.23. The molecule has 0 saturated carbocycles. The molecule has 0 radical (unpaired) electrons. The van der Waals surface area contributed by atoms with Crippen molar-refractivity contribution in [3.05, 3.63) is 27.7 Å². The first-order valence-electron chi connectivity index (χ1n) is 7.72. The van der Waals surface area contributed by atoms with Crippen LogP contribution in [0.15, 0.2) is 6.20 Å². The maximum Gasteiger partial charge on any atom is 0.263 e. The Labute approximate surface area is 134 Å². The van der Waals surface area contributed by atoms with E-state index in [0.29, 0.717) is 10.8 Å². The number of carbonyl (C=O) groups excluding carboxylic acids is 1. The SMILES string of the molecule is CC(C)Cc1ncc(C(=O)NC(C)c2nnc3n2CCC3)s1. The van der Waals surface area contributed by atoms with Gasteiger partial charge in [-0.3, -0.25) is 4.79 Å². The van der Waals surface area contributed by atoms with E-state index in [4.69, 9.17) is 0 Å². The van der Waals surface area contributed by atoms with Gasteiger partial charge in [0.2, 0.25) is 0 Å². The normalized spacial score (nSPS) is 15.1. The predicted octanol–water partition coefficient (Wildman–Crippen LogP) is 2.37. The first-order chi connectivity index (χ1) is 10.5. The number of fused-ring (bicyclic) bond motifs is 1. The highest BCUT2D eigenvalue weighted by Crippen LogP contribution is 2.21. The quantitative estimate of drug-likeness (QED) is 0.918. The summed E-state index contributed by atoms with van der Waals surface area (Å²) < 4.78 is 2.11. The van der Waals surface area contributed by atoms with Crippen molar-refractivity contribution in [3.8, 4) is 0 Å².